The van der Waals surface area contributed by atoms with E-state index < -0.39 is 12.0 Å². The van der Waals surface area contributed by atoms with Crippen molar-refractivity contribution >= 4 is 11.8 Å². The highest BCUT2D eigenvalue weighted by Crippen LogP contribution is 2.28. The van der Waals surface area contributed by atoms with Crippen LogP contribution in [0.25, 0.3) is 0 Å². The lowest BCUT2D eigenvalue weighted by atomic mass is 10.0. The standard InChI is InChI=1S/C17H25NO5/c1-5-9-18-13(11-16(19)23-6-2)17(20)12-7-8-14(21-3)15(10-12)22-4/h7-8,10,13,18H,5-6,9,11H2,1-4H3. The Labute approximate surface area is 137 Å². The summed E-state index contributed by atoms with van der Waals surface area (Å²) in [6.45, 7) is 4.67. The first kappa shape index (κ1) is 19.0. The molecule has 1 atom stereocenters. The van der Waals surface area contributed by atoms with Gasteiger partial charge in [-0.1, -0.05) is 6.92 Å². The van der Waals surface area contributed by atoms with Gasteiger partial charge in [-0.15, -0.1) is 0 Å². The van der Waals surface area contributed by atoms with Crippen LogP contribution in [0.4, 0.5) is 0 Å². The Balaban J connectivity index is 2.96. The van der Waals surface area contributed by atoms with Gasteiger partial charge in [0.1, 0.15) is 0 Å². The van der Waals surface area contributed by atoms with E-state index in [2.05, 4.69) is 5.32 Å². The van der Waals surface area contributed by atoms with Gasteiger partial charge < -0.3 is 19.5 Å². The molecule has 1 unspecified atom stereocenters. The van der Waals surface area contributed by atoms with Crippen LogP contribution in [0.1, 0.15) is 37.0 Å². The number of carbonyl (C=O) groups excluding carboxylic acids is 2. The summed E-state index contributed by atoms with van der Waals surface area (Å²) in [4.78, 5) is 24.4. The number of benzene rings is 1. The van der Waals surface area contributed by atoms with Gasteiger partial charge in [0.15, 0.2) is 17.3 Å². The van der Waals surface area contributed by atoms with Gasteiger partial charge in [-0.05, 0) is 38.1 Å². The van der Waals surface area contributed by atoms with Crippen molar-refractivity contribution in [2.45, 2.75) is 32.7 Å². The van der Waals surface area contributed by atoms with Gasteiger partial charge in [0, 0.05) is 5.56 Å². The van der Waals surface area contributed by atoms with E-state index in [0.29, 0.717) is 30.2 Å². The summed E-state index contributed by atoms with van der Waals surface area (Å²) < 4.78 is 15.3. The number of carbonyl (C=O) groups is 2. The van der Waals surface area contributed by atoms with E-state index >= 15 is 0 Å². The molecule has 128 valence electrons. The molecule has 6 nitrogen and oxygen atoms in total. The first-order valence-electron chi connectivity index (χ1n) is 7.72. The Hall–Kier alpha value is -2.08. The molecule has 0 fully saturated rings. The van der Waals surface area contributed by atoms with Crippen LogP contribution in [0.3, 0.4) is 0 Å². The van der Waals surface area contributed by atoms with Crippen molar-refractivity contribution in [3.8, 4) is 11.5 Å². The van der Waals surface area contributed by atoms with E-state index in [4.69, 9.17) is 14.2 Å². The van der Waals surface area contributed by atoms with Gasteiger partial charge in [-0.25, -0.2) is 0 Å². The summed E-state index contributed by atoms with van der Waals surface area (Å²) >= 11 is 0. The molecule has 0 aromatic heterocycles. The predicted octanol–water partition coefficient (Wildman–Crippen LogP) is 2.21. The van der Waals surface area contributed by atoms with Crippen molar-refractivity contribution in [1.29, 1.82) is 0 Å². The number of hydrogen-bond acceptors (Lipinski definition) is 6. The molecule has 0 aliphatic heterocycles. The largest absolute Gasteiger partial charge is 0.493 e. The SMILES string of the molecule is CCCNC(CC(=O)OCC)C(=O)c1ccc(OC)c(OC)c1. The monoisotopic (exact) mass is 323 g/mol. The molecule has 1 aromatic rings. The Morgan fingerprint density at radius 3 is 2.39 bits per heavy atom. The van der Waals surface area contributed by atoms with Gasteiger partial charge >= 0.3 is 5.97 Å². The van der Waals surface area contributed by atoms with Crippen molar-refractivity contribution in [2.75, 3.05) is 27.4 Å². The Kier molecular flexibility index (Phi) is 8.11. The molecule has 23 heavy (non-hydrogen) atoms. The number of ether oxygens (including phenoxy) is 3. The molecule has 0 radical (unpaired) electrons. The molecule has 0 bridgehead atoms. The van der Waals surface area contributed by atoms with E-state index in [0.717, 1.165) is 6.42 Å². The fourth-order valence-electron chi connectivity index (χ4n) is 2.15. The molecule has 1 rings (SSSR count). The average molecular weight is 323 g/mol. The molecule has 1 N–H and O–H groups in total. The number of Topliss-reactive ketones (excluding diaryl/α,β-unsaturated/α-hetero) is 1. The zero-order valence-electron chi connectivity index (χ0n) is 14.2. The topological polar surface area (TPSA) is 73.9 Å². The van der Waals surface area contributed by atoms with E-state index in [9.17, 15) is 9.59 Å². The van der Waals surface area contributed by atoms with Crippen molar-refractivity contribution in [3.63, 3.8) is 0 Å². The van der Waals surface area contributed by atoms with E-state index in [1.807, 2.05) is 6.92 Å². The normalized spacial score (nSPS) is 11.7. The first-order valence-corrected chi connectivity index (χ1v) is 7.72. The van der Waals surface area contributed by atoms with Crippen LogP contribution in [0.2, 0.25) is 0 Å². The third kappa shape index (κ3) is 5.56. The van der Waals surface area contributed by atoms with E-state index in [1.54, 1.807) is 25.1 Å². The molecule has 1 aromatic carbocycles. The number of methoxy groups -OCH3 is 2. The molecule has 0 saturated heterocycles. The number of nitrogens with one attached hydrogen (secondary N) is 1. The lowest BCUT2D eigenvalue weighted by Gasteiger charge is -2.17. The zero-order valence-corrected chi connectivity index (χ0v) is 14.2. The van der Waals surface area contributed by atoms with Crippen LogP contribution >= 0.6 is 0 Å². The van der Waals surface area contributed by atoms with Gasteiger partial charge in [0.05, 0.1) is 33.3 Å². The minimum absolute atomic E-state index is 0.00101. The second-order valence-corrected chi connectivity index (χ2v) is 4.95. The summed E-state index contributed by atoms with van der Waals surface area (Å²) in [6.07, 6.45) is 0.861. The van der Waals surface area contributed by atoms with Crippen molar-refractivity contribution in [1.82, 2.24) is 5.32 Å². The average Bonchev–Trinajstić information content (AvgIpc) is 2.57. The summed E-state index contributed by atoms with van der Waals surface area (Å²) in [6, 6.07) is 4.34. The van der Waals surface area contributed by atoms with Crippen LogP contribution in [-0.2, 0) is 9.53 Å². The zero-order chi connectivity index (χ0) is 17.2. The quantitative estimate of drug-likeness (QED) is 0.526. The Morgan fingerprint density at radius 2 is 1.83 bits per heavy atom. The lowest BCUT2D eigenvalue weighted by molar-refractivity contribution is -0.143. The second-order valence-electron chi connectivity index (χ2n) is 4.95. The maximum absolute atomic E-state index is 12.7. The van der Waals surface area contributed by atoms with Crippen molar-refractivity contribution in [3.05, 3.63) is 23.8 Å². The first-order chi connectivity index (χ1) is 11.1. The summed E-state index contributed by atoms with van der Waals surface area (Å²) in [5.41, 5.74) is 0.459. The third-order valence-electron chi connectivity index (χ3n) is 3.30. The van der Waals surface area contributed by atoms with Gasteiger partial charge in [0.25, 0.3) is 0 Å². The van der Waals surface area contributed by atoms with Crippen LogP contribution in [0, 0.1) is 0 Å². The molecule has 0 amide bonds. The van der Waals surface area contributed by atoms with E-state index in [-0.39, 0.29) is 12.2 Å². The molecule has 0 aliphatic carbocycles. The molecule has 0 saturated carbocycles. The summed E-state index contributed by atoms with van der Waals surface area (Å²) in [5, 5.41) is 3.10. The smallest absolute Gasteiger partial charge is 0.307 e. The van der Waals surface area contributed by atoms with Gasteiger partial charge in [-0.3, -0.25) is 9.59 Å². The minimum Gasteiger partial charge on any atom is -0.493 e. The summed E-state index contributed by atoms with van der Waals surface area (Å²) in [5.74, 6) is 0.457. The van der Waals surface area contributed by atoms with Crippen LogP contribution in [0.15, 0.2) is 18.2 Å². The molecular weight excluding hydrogens is 298 g/mol. The Morgan fingerprint density at radius 1 is 1.13 bits per heavy atom. The Bertz CT molecular complexity index is 530. The maximum Gasteiger partial charge on any atom is 0.307 e. The van der Waals surface area contributed by atoms with Gasteiger partial charge in [-0.2, -0.15) is 0 Å². The number of esters is 1. The molecule has 0 spiro atoms. The number of rotatable bonds is 10. The van der Waals surface area contributed by atoms with Crippen LogP contribution < -0.4 is 14.8 Å². The van der Waals surface area contributed by atoms with Crippen LogP contribution in [0.5, 0.6) is 11.5 Å². The highest BCUT2D eigenvalue weighted by molar-refractivity contribution is 6.02. The molecular formula is C17H25NO5. The highest BCUT2D eigenvalue weighted by Gasteiger charge is 2.24. The molecule has 0 heterocycles. The highest BCUT2D eigenvalue weighted by atomic mass is 16.5. The molecule has 0 aliphatic rings. The van der Waals surface area contributed by atoms with Crippen LogP contribution in [-0.4, -0.2) is 45.2 Å². The van der Waals surface area contributed by atoms with Crippen molar-refractivity contribution < 1.29 is 23.8 Å². The molecule has 6 heteroatoms. The predicted molar refractivity (Wildman–Crippen MR) is 87.2 cm³/mol. The van der Waals surface area contributed by atoms with E-state index in [1.165, 1.54) is 14.2 Å². The third-order valence-corrected chi connectivity index (χ3v) is 3.30. The van der Waals surface area contributed by atoms with Crippen molar-refractivity contribution in [2.24, 2.45) is 0 Å². The maximum atomic E-state index is 12.7. The second kappa shape index (κ2) is 9.84. The number of ketones is 1. The number of hydrogen-bond donors (Lipinski definition) is 1. The lowest BCUT2D eigenvalue weighted by Crippen LogP contribution is -2.39. The summed E-state index contributed by atoms with van der Waals surface area (Å²) in [7, 11) is 3.04. The fourth-order valence-corrected chi connectivity index (χ4v) is 2.15. The minimum atomic E-state index is -0.618. The fraction of sp³-hybridized carbons (Fsp3) is 0.529. The van der Waals surface area contributed by atoms with Gasteiger partial charge in [0.2, 0.25) is 0 Å².